The molecule has 0 aliphatic rings. The molecule has 0 saturated heterocycles. The van der Waals surface area contributed by atoms with Gasteiger partial charge in [0.15, 0.2) is 0 Å². The maximum Gasteiger partial charge on any atom is 0.318 e. The van der Waals surface area contributed by atoms with E-state index >= 15 is 0 Å². The summed E-state index contributed by atoms with van der Waals surface area (Å²) in [6.07, 6.45) is 3.39. The van der Waals surface area contributed by atoms with E-state index in [-0.39, 0.29) is 11.8 Å². The molecule has 1 atom stereocenters. The number of hydrogen-bond acceptors (Lipinski definition) is 2. The van der Waals surface area contributed by atoms with E-state index in [0.717, 1.165) is 11.1 Å². The van der Waals surface area contributed by atoms with Crippen LogP contribution in [0.3, 0.4) is 0 Å². The van der Waals surface area contributed by atoms with Gasteiger partial charge in [-0.25, -0.2) is 9.18 Å². The average Bonchev–Trinajstić information content (AvgIpc) is 2.67. The molecule has 0 aliphatic carbocycles. The van der Waals surface area contributed by atoms with Gasteiger partial charge in [0.05, 0.1) is 6.04 Å². The Kier molecular flexibility index (Phi) is 5.59. The van der Waals surface area contributed by atoms with Crippen LogP contribution in [0.5, 0.6) is 0 Å². The number of nitrogens with zero attached hydrogens (tertiary/aromatic N) is 2. The van der Waals surface area contributed by atoms with E-state index in [0.29, 0.717) is 12.1 Å². The molecule has 3 aromatic rings. The highest BCUT2D eigenvalue weighted by atomic mass is 19.1. The third kappa shape index (κ3) is 4.45. The number of aromatic nitrogens is 1. The molecule has 132 valence electrons. The topological polar surface area (TPSA) is 45.2 Å². The highest BCUT2D eigenvalue weighted by Crippen LogP contribution is 2.23. The first kappa shape index (κ1) is 17.6. The lowest BCUT2D eigenvalue weighted by molar-refractivity contribution is 0.204. The maximum absolute atomic E-state index is 13.7. The summed E-state index contributed by atoms with van der Waals surface area (Å²) in [7, 11) is 1.73. The van der Waals surface area contributed by atoms with Crippen molar-refractivity contribution in [2.24, 2.45) is 0 Å². The number of urea groups is 1. The van der Waals surface area contributed by atoms with Crippen molar-refractivity contribution in [1.82, 2.24) is 15.2 Å². The Bertz CT molecular complexity index is 855. The van der Waals surface area contributed by atoms with E-state index in [9.17, 15) is 9.18 Å². The monoisotopic (exact) mass is 349 g/mol. The molecule has 0 spiro atoms. The molecule has 0 fully saturated rings. The van der Waals surface area contributed by atoms with Crippen LogP contribution < -0.4 is 5.32 Å². The third-order valence-electron chi connectivity index (χ3n) is 4.10. The Hall–Kier alpha value is -3.21. The first-order valence-electron chi connectivity index (χ1n) is 8.34. The second-order valence-corrected chi connectivity index (χ2v) is 6.06. The molecule has 5 heteroatoms. The van der Waals surface area contributed by atoms with Crippen LogP contribution in [0.4, 0.5) is 9.18 Å². The average molecular weight is 349 g/mol. The van der Waals surface area contributed by atoms with Crippen LogP contribution in [0.25, 0.3) is 0 Å². The minimum absolute atomic E-state index is 0.236. The van der Waals surface area contributed by atoms with Crippen LogP contribution >= 0.6 is 0 Å². The Morgan fingerprint density at radius 2 is 1.73 bits per heavy atom. The fourth-order valence-corrected chi connectivity index (χ4v) is 2.76. The molecule has 26 heavy (non-hydrogen) atoms. The van der Waals surface area contributed by atoms with Crippen molar-refractivity contribution in [3.8, 4) is 0 Å². The van der Waals surface area contributed by atoms with Gasteiger partial charge in [-0.3, -0.25) is 4.98 Å². The molecular formula is C21H20FN3O. The van der Waals surface area contributed by atoms with Crippen molar-refractivity contribution in [3.63, 3.8) is 0 Å². The van der Waals surface area contributed by atoms with Crippen molar-refractivity contribution in [2.75, 3.05) is 7.05 Å². The van der Waals surface area contributed by atoms with Crippen LogP contribution in [-0.2, 0) is 6.54 Å². The number of benzene rings is 2. The van der Waals surface area contributed by atoms with E-state index in [1.807, 2.05) is 48.5 Å². The zero-order chi connectivity index (χ0) is 18.4. The summed E-state index contributed by atoms with van der Waals surface area (Å²) in [4.78, 5) is 18.3. The number of nitrogens with one attached hydrogen (secondary N) is 1. The summed E-state index contributed by atoms with van der Waals surface area (Å²) in [6, 6.07) is 18.9. The minimum atomic E-state index is -0.431. The van der Waals surface area contributed by atoms with Crippen LogP contribution in [0.1, 0.15) is 22.7 Å². The minimum Gasteiger partial charge on any atom is -0.327 e. The molecule has 4 nitrogen and oxygen atoms in total. The fourth-order valence-electron chi connectivity index (χ4n) is 2.76. The van der Waals surface area contributed by atoms with E-state index < -0.39 is 6.04 Å². The molecule has 1 N–H and O–H groups in total. The van der Waals surface area contributed by atoms with Crippen molar-refractivity contribution < 1.29 is 9.18 Å². The van der Waals surface area contributed by atoms with Gasteiger partial charge in [-0.1, -0.05) is 42.5 Å². The predicted octanol–water partition coefficient (Wildman–Crippen LogP) is 4.15. The summed E-state index contributed by atoms with van der Waals surface area (Å²) < 4.78 is 13.7. The van der Waals surface area contributed by atoms with Gasteiger partial charge in [0.2, 0.25) is 0 Å². The number of pyridine rings is 1. The normalized spacial score (nSPS) is 11.6. The molecule has 2 amide bonds. The van der Waals surface area contributed by atoms with Gasteiger partial charge in [-0.05, 0) is 41.0 Å². The molecule has 2 aromatic carbocycles. The zero-order valence-corrected chi connectivity index (χ0v) is 14.5. The van der Waals surface area contributed by atoms with Crippen molar-refractivity contribution >= 4 is 6.03 Å². The van der Waals surface area contributed by atoms with Crippen LogP contribution in [0.15, 0.2) is 79.1 Å². The number of halogens is 1. The molecule has 0 radical (unpaired) electrons. The molecule has 0 saturated carbocycles. The third-order valence-corrected chi connectivity index (χ3v) is 4.10. The SMILES string of the molecule is CN(Cc1ccncc1)C(=O)NC(c1ccccc1)c1cccc(F)c1. The smallest absolute Gasteiger partial charge is 0.318 e. The summed E-state index contributed by atoms with van der Waals surface area (Å²) in [5.74, 6) is -0.331. The van der Waals surface area contributed by atoms with Crippen LogP contribution in [0, 0.1) is 5.82 Å². The number of carbonyl (C=O) groups excluding carboxylic acids is 1. The van der Waals surface area contributed by atoms with Gasteiger partial charge in [0.1, 0.15) is 5.82 Å². The summed E-state index contributed by atoms with van der Waals surface area (Å²) in [5, 5.41) is 3.00. The number of rotatable bonds is 5. The molecule has 0 bridgehead atoms. The summed E-state index contributed by atoms with van der Waals surface area (Å²) in [6.45, 7) is 0.457. The summed E-state index contributed by atoms with van der Waals surface area (Å²) in [5.41, 5.74) is 2.57. The van der Waals surface area contributed by atoms with Gasteiger partial charge in [-0.15, -0.1) is 0 Å². The second kappa shape index (κ2) is 8.25. The van der Waals surface area contributed by atoms with Gasteiger partial charge >= 0.3 is 6.03 Å². The molecule has 1 unspecified atom stereocenters. The Morgan fingerprint density at radius 1 is 1.04 bits per heavy atom. The highest BCUT2D eigenvalue weighted by molar-refractivity contribution is 5.75. The number of carbonyl (C=O) groups is 1. The molecule has 1 heterocycles. The van der Waals surface area contributed by atoms with Crippen molar-refractivity contribution in [3.05, 3.63) is 102 Å². The molecule has 1 aromatic heterocycles. The largest absolute Gasteiger partial charge is 0.327 e. The Balaban J connectivity index is 1.80. The van der Waals surface area contributed by atoms with Crippen LogP contribution in [0.2, 0.25) is 0 Å². The van der Waals surface area contributed by atoms with E-state index in [4.69, 9.17) is 0 Å². The van der Waals surface area contributed by atoms with Gasteiger partial charge in [-0.2, -0.15) is 0 Å². The molecule has 0 aliphatic heterocycles. The molecular weight excluding hydrogens is 329 g/mol. The van der Waals surface area contributed by atoms with Crippen LogP contribution in [-0.4, -0.2) is 23.0 Å². The van der Waals surface area contributed by atoms with E-state index in [1.54, 1.807) is 30.4 Å². The quantitative estimate of drug-likeness (QED) is 0.752. The van der Waals surface area contributed by atoms with E-state index in [2.05, 4.69) is 10.3 Å². The number of hydrogen-bond donors (Lipinski definition) is 1. The molecule has 3 rings (SSSR count). The second-order valence-electron chi connectivity index (χ2n) is 6.06. The van der Waals surface area contributed by atoms with Gasteiger partial charge in [0, 0.05) is 26.0 Å². The maximum atomic E-state index is 13.7. The Morgan fingerprint density at radius 3 is 2.42 bits per heavy atom. The standard InChI is InChI=1S/C21H20FN3O/c1-25(15-16-10-12-23-13-11-16)21(26)24-20(17-6-3-2-4-7-17)18-8-5-9-19(22)14-18/h2-14,20H,15H2,1H3,(H,24,26). The van der Waals surface area contributed by atoms with Gasteiger partial charge in [0.25, 0.3) is 0 Å². The fraction of sp³-hybridized carbons (Fsp3) is 0.143. The van der Waals surface area contributed by atoms with Crippen molar-refractivity contribution in [2.45, 2.75) is 12.6 Å². The highest BCUT2D eigenvalue weighted by Gasteiger charge is 2.19. The Labute approximate surface area is 152 Å². The van der Waals surface area contributed by atoms with Crippen molar-refractivity contribution in [1.29, 1.82) is 0 Å². The first-order chi connectivity index (χ1) is 12.6. The van der Waals surface area contributed by atoms with E-state index in [1.165, 1.54) is 12.1 Å². The summed E-state index contributed by atoms with van der Waals surface area (Å²) >= 11 is 0. The zero-order valence-electron chi connectivity index (χ0n) is 14.5. The lowest BCUT2D eigenvalue weighted by Crippen LogP contribution is -2.39. The van der Waals surface area contributed by atoms with Gasteiger partial charge < -0.3 is 10.2 Å². The predicted molar refractivity (Wildman–Crippen MR) is 98.9 cm³/mol. The lowest BCUT2D eigenvalue weighted by Gasteiger charge is -2.24. The number of amides is 2. The first-order valence-corrected chi connectivity index (χ1v) is 8.34. The lowest BCUT2D eigenvalue weighted by atomic mass is 9.99.